The molecule has 24 heavy (non-hydrogen) atoms. The van der Waals surface area contributed by atoms with Crippen LogP contribution in [0.4, 0.5) is 0 Å². The van der Waals surface area contributed by atoms with Gasteiger partial charge in [0.05, 0.1) is 25.3 Å². The van der Waals surface area contributed by atoms with Gasteiger partial charge in [-0.1, -0.05) is 0 Å². The lowest BCUT2D eigenvalue weighted by molar-refractivity contribution is -0.0524. The molecule has 0 aromatic carbocycles. The SMILES string of the molecule is N#Cc1ccc(C(=O)N2CCOC[C@](O)(CN3CCCC3)C2)cn1. The fourth-order valence-corrected chi connectivity index (χ4v) is 3.31. The number of nitrogens with zero attached hydrogens (tertiary/aromatic N) is 4. The molecule has 128 valence electrons. The maximum atomic E-state index is 12.7. The Morgan fingerprint density at radius 1 is 1.38 bits per heavy atom. The van der Waals surface area contributed by atoms with Crippen LogP contribution in [0.5, 0.6) is 0 Å². The molecule has 1 aromatic rings. The lowest BCUT2D eigenvalue weighted by Gasteiger charge is -2.34. The number of hydrogen-bond acceptors (Lipinski definition) is 6. The Kier molecular flexibility index (Phi) is 5.09. The summed E-state index contributed by atoms with van der Waals surface area (Å²) in [6.07, 6.45) is 3.71. The number of aliphatic hydroxyl groups is 1. The smallest absolute Gasteiger partial charge is 0.255 e. The summed E-state index contributed by atoms with van der Waals surface area (Å²) in [6.45, 7) is 3.79. The highest BCUT2D eigenvalue weighted by Gasteiger charge is 2.36. The number of hydrogen-bond donors (Lipinski definition) is 1. The van der Waals surface area contributed by atoms with Crippen LogP contribution in [0.15, 0.2) is 18.3 Å². The van der Waals surface area contributed by atoms with Crippen molar-refractivity contribution in [2.45, 2.75) is 18.4 Å². The summed E-state index contributed by atoms with van der Waals surface area (Å²) in [7, 11) is 0. The average Bonchev–Trinajstić information content (AvgIpc) is 3.01. The van der Waals surface area contributed by atoms with Gasteiger partial charge in [-0.05, 0) is 38.1 Å². The highest BCUT2D eigenvalue weighted by atomic mass is 16.5. The Hall–Kier alpha value is -2.01. The molecule has 1 N–H and O–H groups in total. The van der Waals surface area contributed by atoms with Crippen molar-refractivity contribution in [3.8, 4) is 6.07 Å². The minimum absolute atomic E-state index is 0.197. The molecule has 0 bridgehead atoms. The predicted molar refractivity (Wildman–Crippen MR) is 86.3 cm³/mol. The van der Waals surface area contributed by atoms with Gasteiger partial charge in [0.2, 0.25) is 0 Å². The van der Waals surface area contributed by atoms with Crippen molar-refractivity contribution in [2.75, 3.05) is 45.9 Å². The van der Waals surface area contributed by atoms with E-state index in [1.165, 1.54) is 12.3 Å². The molecule has 2 fully saturated rings. The predicted octanol–water partition coefficient (Wildman–Crippen LogP) is 0.253. The fraction of sp³-hybridized carbons (Fsp3) is 0.588. The Morgan fingerprint density at radius 2 is 2.17 bits per heavy atom. The molecular formula is C17H22N4O3. The molecule has 1 atom stereocenters. The van der Waals surface area contributed by atoms with Crippen molar-refractivity contribution >= 4 is 5.91 Å². The number of likely N-dealkylation sites (tertiary alicyclic amines) is 1. The molecule has 0 radical (unpaired) electrons. The van der Waals surface area contributed by atoms with Crippen molar-refractivity contribution in [1.29, 1.82) is 5.26 Å². The maximum Gasteiger partial charge on any atom is 0.255 e. The molecule has 0 aliphatic carbocycles. The molecule has 2 saturated heterocycles. The summed E-state index contributed by atoms with van der Waals surface area (Å²) in [5, 5.41) is 19.7. The third-order valence-corrected chi connectivity index (χ3v) is 4.49. The van der Waals surface area contributed by atoms with Gasteiger partial charge in [-0.15, -0.1) is 0 Å². The van der Waals surface area contributed by atoms with E-state index in [0.717, 1.165) is 25.9 Å². The van der Waals surface area contributed by atoms with Gasteiger partial charge in [0.15, 0.2) is 0 Å². The molecule has 1 amide bonds. The lowest BCUT2D eigenvalue weighted by Crippen LogP contribution is -2.53. The minimum Gasteiger partial charge on any atom is -0.384 e. The van der Waals surface area contributed by atoms with Crippen LogP contribution in [0.1, 0.15) is 28.9 Å². The first kappa shape index (κ1) is 16.8. The van der Waals surface area contributed by atoms with E-state index in [4.69, 9.17) is 10.00 Å². The number of amides is 1. The van der Waals surface area contributed by atoms with Gasteiger partial charge < -0.3 is 19.6 Å². The molecule has 0 saturated carbocycles. The van der Waals surface area contributed by atoms with E-state index in [0.29, 0.717) is 25.3 Å². The fourth-order valence-electron chi connectivity index (χ4n) is 3.31. The molecule has 2 aliphatic rings. The molecule has 7 heteroatoms. The zero-order valence-electron chi connectivity index (χ0n) is 13.6. The summed E-state index contributed by atoms with van der Waals surface area (Å²) >= 11 is 0. The molecule has 2 aliphatic heterocycles. The molecule has 7 nitrogen and oxygen atoms in total. The number of ether oxygens (including phenoxy) is 1. The molecule has 0 unspecified atom stereocenters. The van der Waals surface area contributed by atoms with Gasteiger partial charge in [0, 0.05) is 19.3 Å². The van der Waals surface area contributed by atoms with Gasteiger partial charge in [0.25, 0.3) is 5.91 Å². The largest absolute Gasteiger partial charge is 0.384 e. The van der Waals surface area contributed by atoms with Crippen molar-refractivity contribution in [1.82, 2.24) is 14.8 Å². The van der Waals surface area contributed by atoms with Gasteiger partial charge in [-0.2, -0.15) is 5.26 Å². The molecule has 3 heterocycles. The van der Waals surface area contributed by atoms with Crippen LogP contribution in [0.3, 0.4) is 0 Å². The summed E-state index contributed by atoms with van der Waals surface area (Å²) < 4.78 is 5.54. The monoisotopic (exact) mass is 330 g/mol. The summed E-state index contributed by atoms with van der Waals surface area (Å²) in [6, 6.07) is 5.06. The van der Waals surface area contributed by atoms with E-state index in [9.17, 15) is 9.90 Å². The van der Waals surface area contributed by atoms with Crippen LogP contribution in [0.25, 0.3) is 0 Å². The first-order valence-corrected chi connectivity index (χ1v) is 8.28. The normalized spacial score (nSPS) is 25.2. The van der Waals surface area contributed by atoms with Crippen molar-refractivity contribution in [2.24, 2.45) is 0 Å². The number of pyridine rings is 1. The van der Waals surface area contributed by atoms with Crippen LogP contribution in [-0.2, 0) is 4.74 Å². The van der Waals surface area contributed by atoms with Crippen LogP contribution in [0, 0.1) is 11.3 Å². The van der Waals surface area contributed by atoms with E-state index in [1.807, 2.05) is 6.07 Å². The third kappa shape index (κ3) is 3.90. The number of nitriles is 1. The minimum atomic E-state index is -1.06. The average molecular weight is 330 g/mol. The van der Waals surface area contributed by atoms with Crippen LogP contribution in [0.2, 0.25) is 0 Å². The number of β-amino-alcohol motifs (C(OH)–C–C–N with tert-alkyl or cyclic N) is 1. The number of rotatable bonds is 3. The number of carbonyl (C=O) groups excluding carboxylic acids is 1. The Morgan fingerprint density at radius 3 is 2.83 bits per heavy atom. The molecule has 3 rings (SSSR count). The second-order valence-corrected chi connectivity index (χ2v) is 6.53. The van der Waals surface area contributed by atoms with E-state index in [1.54, 1.807) is 11.0 Å². The second-order valence-electron chi connectivity index (χ2n) is 6.53. The van der Waals surface area contributed by atoms with Gasteiger partial charge >= 0.3 is 0 Å². The van der Waals surface area contributed by atoms with Crippen molar-refractivity contribution in [3.05, 3.63) is 29.6 Å². The number of carbonyl (C=O) groups is 1. The van der Waals surface area contributed by atoms with Gasteiger partial charge in [0.1, 0.15) is 17.4 Å². The number of aromatic nitrogens is 1. The molecular weight excluding hydrogens is 308 g/mol. The Bertz CT molecular complexity index is 622. The zero-order valence-corrected chi connectivity index (χ0v) is 13.6. The van der Waals surface area contributed by atoms with Crippen molar-refractivity contribution < 1.29 is 14.6 Å². The molecule has 1 aromatic heterocycles. The van der Waals surface area contributed by atoms with Crippen LogP contribution < -0.4 is 0 Å². The standard InChI is InChI=1S/C17H22N4O3/c18-9-15-4-3-14(10-19-15)16(22)21-7-8-24-13-17(23,12-21)11-20-5-1-2-6-20/h3-4,10,23H,1-2,5-8,11-13H2/t17-/m0/s1. The first-order chi connectivity index (χ1) is 11.6. The van der Waals surface area contributed by atoms with E-state index >= 15 is 0 Å². The maximum absolute atomic E-state index is 12.7. The highest BCUT2D eigenvalue weighted by Crippen LogP contribution is 2.19. The van der Waals surface area contributed by atoms with Crippen LogP contribution in [-0.4, -0.2) is 77.3 Å². The molecule has 0 spiro atoms. The lowest BCUT2D eigenvalue weighted by atomic mass is 10.0. The topological polar surface area (TPSA) is 89.7 Å². The van der Waals surface area contributed by atoms with Gasteiger partial charge in [-0.25, -0.2) is 4.98 Å². The van der Waals surface area contributed by atoms with E-state index in [-0.39, 0.29) is 24.8 Å². The van der Waals surface area contributed by atoms with E-state index < -0.39 is 5.60 Å². The van der Waals surface area contributed by atoms with Crippen LogP contribution >= 0.6 is 0 Å². The first-order valence-electron chi connectivity index (χ1n) is 8.28. The Balaban J connectivity index is 1.71. The third-order valence-electron chi connectivity index (χ3n) is 4.49. The summed E-state index contributed by atoms with van der Waals surface area (Å²) in [5.74, 6) is -0.197. The second kappa shape index (κ2) is 7.26. The quantitative estimate of drug-likeness (QED) is 0.855. The summed E-state index contributed by atoms with van der Waals surface area (Å²) in [5.41, 5.74) is -0.369. The van der Waals surface area contributed by atoms with E-state index in [2.05, 4.69) is 9.88 Å². The highest BCUT2D eigenvalue weighted by molar-refractivity contribution is 5.94. The summed E-state index contributed by atoms with van der Waals surface area (Å²) in [4.78, 5) is 20.5. The Labute approximate surface area is 141 Å². The zero-order chi connectivity index (χ0) is 17.0. The van der Waals surface area contributed by atoms with Gasteiger partial charge in [-0.3, -0.25) is 4.79 Å². The van der Waals surface area contributed by atoms with Crippen molar-refractivity contribution in [3.63, 3.8) is 0 Å².